The Labute approximate surface area is 100.0 Å². The first kappa shape index (κ1) is 15.4. The molecule has 0 aliphatic rings. The summed E-state index contributed by atoms with van der Waals surface area (Å²) < 4.78 is 0. The van der Waals surface area contributed by atoms with Gasteiger partial charge in [0.15, 0.2) is 0 Å². The van der Waals surface area contributed by atoms with Crippen LogP contribution in [0.15, 0.2) is 0 Å². The number of nitrogens with zero attached hydrogens (tertiary/aromatic N) is 1. The van der Waals surface area contributed by atoms with E-state index >= 15 is 0 Å². The fourth-order valence-electron chi connectivity index (χ4n) is 1.34. The quantitative estimate of drug-likeness (QED) is 0.542. The van der Waals surface area contributed by atoms with Gasteiger partial charge in [0, 0.05) is 6.54 Å². The highest BCUT2D eigenvalue weighted by atomic mass is 16.4. The zero-order chi connectivity index (χ0) is 13.6. The highest BCUT2D eigenvalue weighted by Crippen LogP contribution is 2.14. The molecule has 0 radical (unpaired) electrons. The van der Waals surface area contributed by atoms with E-state index in [1.807, 2.05) is 0 Å². The Kier molecular flexibility index (Phi) is 5.60. The lowest BCUT2D eigenvalue weighted by Crippen LogP contribution is -2.55. The van der Waals surface area contributed by atoms with Crippen molar-refractivity contribution in [3.8, 4) is 0 Å². The minimum absolute atomic E-state index is 0.207. The van der Waals surface area contributed by atoms with Crippen LogP contribution >= 0.6 is 0 Å². The van der Waals surface area contributed by atoms with Crippen LogP contribution in [0.25, 0.3) is 0 Å². The molecule has 7 heteroatoms. The maximum atomic E-state index is 11.8. The normalized spacial score (nSPS) is 10.8. The minimum atomic E-state index is -1.31. The highest BCUT2D eigenvalue weighted by Gasteiger charge is 2.36. The van der Waals surface area contributed by atoms with Gasteiger partial charge in [-0.2, -0.15) is 0 Å². The van der Waals surface area contributed by atoms with Crippen LogP contribution in [0, 0.1) is 0 Å². The maximum absolute atomic E-state index is 11.8. The van der Waals surface area contributed by atoms with Crippen LogP contribution in [-0.2, 0) is 14.4 Å². The number of likely N-dealkylation sites (N-methyl/N-ethyl adjacent to an activating group) is 1. The van der Waals surface area contributed by atoms with Crippen molar-refractivity contribution in [2.45, 2.75) is 26.3 Å². The summed E-state index contributed by atoms with van der Waals surface area (Å²) in [7, 11) is 0. The molecule has 0 aliphatic heterocycles. The number of nitrogens with two attached hydrogens (primary N) is 1. The summed E-state index contributed by atoms with van der Waals surface area (Å²) in [5.41, 5.74) is 3.76. The predicted octanol–water partition coefficient (Wildman–Crippen LogP) is -1.23. The zero-order valence-corrected chi connectivity index (χ0v) is 10.3. The summed E-state index contributed by atoms with van der Waals surface area (Å²) in [6.07, 6.45) is 0. The number of carboxylic acid groups (broad SMARTS) is 1. The van der Waals surface area contributed by atoms with Crippen LogP contribution in [0.4, 0.5) is 0 Å². The molecular formula is C10H19N3O4. The molecule has 0 heterocycles. The van der Waals surface area contributed by atoms with E-state index in [2.05, 4.69) is 5.32 Å². The number of amides is 2. The van der Waals surface area contributed by atoms with Crippen molar-refractivity contribution in [3.63, 3.8) is 0 Å². The Morgan fingerprint density at radius 3 is 2.24 bits per heavy atom. The Bertz CT molecular complexity index is 315. The third-order valence-corrected chi connectivity index (χ3v) is 2.44. The van der Waals surface area contributed by atoms with Gasteiger partial charge in [-0.25, -0.2) is 4.79 Å². The lowest BCUT2D eigenvalue weighted by atomic mass is 10.0. The largest absolute Gasteiger partial charge is 0.480 e. The van der Waals surface area contributed by atoms with E-state index < -0.39 is 23.3 Å². The van der Waals surface area contributed by atoms with Gasteiger partial charge in [-0.05, 0) is 20.8 Å². The van der Waals surface area contributed by atoms with Gasteiger partial charge in [0.05, 0.1) is 13.1 Å². The number of carboxylic acids is 1. The topological polar surface area (TPSA) is 113 Å². The van der Waals surface area contributed by atoms with Crippen molar-refractivity contribution in [3.05, 3.63) is 0 Å². The number of nitrogens with one attached hydrogen (secondary N) is 1. The summed E-state index contributed by atoms with van der Waals surface area (Å²) in [4.78, 5) is 34.8. The van der Waals surface area contributed by atoms with Crippen molar-refractivity contribution < 1.29 is 19.5 Å². The van der Waals surface area contributed by atoms with E-state index in [4.69, 9.17) is 10.8 Å². The van der Waals surface area contributed by atoms with Gasteiger partial charge in [0.1, 0.15) is 5.54 Å². The molecule has 7 nitrogen and oxygen atoms in total. The molecule has 98 valence electrons. The summed E-state index contributed by atoms with van der Waals surface area (Å²) in [5.74, 6) is -2.01. The first-order valence-electron chi connectivity index (χ1n) is 5.28. The monoisotopic (exact) mass is 245 g/mol. The Balaban J connectivity index is 4.62. The third-order valence-electron chi connectivity index (χ3n) is 2.44. The predicted molar refractivity (Wildman–Crippen MR) is 61.2 cm³/mol. The first-order valence-corrected chi connectivity index (χ1v) is 5.28. The summed E-state index contributed by atoms with van der Waals surface area (Å²) in [5, 5.41) is 11.3. The second-order valence-corrected chi connectivity index (χ2v) is 3.98. The van der Waals surface area contributed by atoms with E-state index in [0.717, 1.165) is 0 Å². The average Bonchev–Trinajstić information content (AvgIpc) is 2.26. The van der Waals surface area contributed by atoms with Crippen LogP contribution in [0.3, 0.4) is 0 Å². The second kappa shape index (κ2) is 6.19. The lowest BCUT2D eigenvalue weighted by Gasteiger charge is -2.34. The summed E-state index contributed by atoms with van der Waals surface area (Å²) in [6.45, 7) is 4.33. The fourth-order valence-corrected chi connectivity index (χ4v) is 1.34. The summed E-state index contributed by atoms with van der Waals surface area (Å²) in [6, 6.07) is 0. The van der Waals surface area contributed by atoms with Crippen molar-refractivity contribution in [1.29, 1.82) is 0 Å². The third kappa shape index (κ3) is 4.03. The number of carbonyl (C=O) groups is 3. The number of hydrogen-bond acceptors (Lipinski definition) is 4. The molecule has 0 aromatic carbocycles. The van der Waals surface area contributed by atoms with Gasteiger partial charge >= 0.3 is 5.97 Å². The van der Waals surface area contributed by atoms with Crippen LogP contribution in [0.1, 0.15) is 20.8 Å². The van der Waals surface area contributed by atoms with Gasteiger partial charge in [0.2, 0.25) is 11.8 Å². The molecule has 17 heavy (non-hydrogen) atoms. The summed E-state index contributed by atoms with van der Waals surface area (Å²) >= 11 is 0. The molecule has 0 saturated carbocycles. The fraction of sp³-hybridized carbons (Fsp3) is 0.700. The molecule has 0 spiro atoms. The van der Waals surface area contributed by atoms with Crippen LogP contribution in [0.5, 0.6) is 0 Å². The molecule has 4 N–H and O–H groups in total. The molecule has 2 amide bonds. The van der Waals surface area contributed by atoms with Crippen molar-refractivity contribution in [1.82, 2.24) is 10.2 Å². The molecule has 0 bridgehead atoms. The molecular weight excluding hydrogens is 226 g/mol. The van der Waals surface area contributed by atoms with Gasteiger partial charge in [0.25, 0.3) is 0 Å². The average molecular weight is 245 g/mol. The highest BCUT2D eigenvalue weighted by molar-refractivity contribution is 5.89. The number of carbonyl (C=O) groups excluding carboxylic acids is 2. The molecule has 0 fully saturated rings. The van der Waals surface area contributed by atoms with Crippen LogP contribution in [-0.4, -0.2) is 53.0 Å². The van der Waals surface area contributed by atoms with Gasteiger partial charge in [-0.1, -0.05) is 0 Å². The molecule has 0 aromatic heterocycles. The molecule has 0 atom stereocenters. The SMILES string of the molecule is CCN(C(=O)CNC(=O)CN)C(C)(C)C(=O)O. The molecule has 0 aromatic rings. The molecule has 0 rings (SSSR count). The number of hydrogen-bond donors (Lipinski definition) is 3. The van der Waals surface area contributed by atoms with Gasteiger partial charge < -0.3 is 21.1 Å². The van der Waals surface area contributed by atoms with Gasteiger partial charge in [-0.15, -0.1) is 0 Å². The van der Waals surface area contributed by atoms with Crippen molar-refractivity contribution >= 4 is 17.8 Å². The van der Waals surface area contributed by atoms with Crippen molar-refractivity contribution in [2.24, 2.45) is 5.73 Å². The number of rotatable bonds is 6. The Morgan fingerprint density at radius 1 is 1.35 bits per heavy atom. The Hall–Kier alpha value is -1.63. The Morgan fingerprint density at radius 2 is 1.88 bits per heavy atom. The molecule has 0 saturated heterocycles. The lowest BCUT2D eigenvalue weighted by molar-refractivity contribution is -0.156. The second-order valence-electron chi connectivity index (χ2n) is 3.98. The van der Waals surface area contributed by atoms with Gasteiger partial charge in [-0.3, -0.25) is 9.59 Å². The van der Waals surface area contributed by atoms with Crippen LogP contribution < -0.4 is 11.1 Å². The van der Waals surface area contributed by atoms with Crippen molar-refractivity contribution in [2.75, 3.05) is 19.6 Å². The molecule has 0 aliphatic carbocycles. The standard InChI is InChI=1S/C10H19N3O4/c1-4-13(10(2,3)9(16)17)8(15)6-12-7(14)5-11/h4-6,11H2,1-3H3,(H,12,14)(H,16,17). The molecule has 0 unspecified atom stereocenters. The zero-order valence-electron chi connectivity index (χ0n) is 10.3. The van der Waals surface area contributed by atoms with E-state index in [-0.39, 0.29) is 19.6 Å². The van der Waals surface area contributed by atoms with E-state index in [1.165, 1.54) is 18.7 Å². The van der Waals surface area contributed by atoms with Crippen LogP contribution in [0.2, 0.25) is 0 Å². The first-order chi connectivity index (χ1) is 7.77. The smallest absolute Gasteiger partial charge is 0.329 e. The minimum Gasteiger partial charge on any atom is -0.480 e. The van der Waals surface area contributed by atoms with E-state index in [1.54, 1.807) is 6.92 Å². The van der Waals surface area contributed by atoms with E-state index in [9.17, 15) is 14.4 Å². The van der Waals surface area contributed by atoms with E-state index in [0.29, 0.717) is 0 Å². The number of aliphatic carboxylic acids is 1. The maximum Gasteiger partial charge on any atom is 0.329 e.